The van der Waals surface area contributed by atoms with Crippen LogP contribution in [-0.4, -0.2) is 20.3 Å². The van der Waals surface area contributed by atoms with Gasteiger partial charge in [0.1, 0.15) is 12.3 Å². The number of rotatable bonds is 6. The molecule has 0 atom stereocenters. The van der Waals surface area contributed by atoms with Crippen molar-refractivity contribution < 1.29 is 13.9 Å². The van der Waals surface area contributed by atoms with Gasteiger partial charge in [0.25, 0.3) is 5.56 Å². The third-order valence-electron chi connectivity index (χ3n) is 5.13. The Bertz CT molecular complexity index is 1320. The molecule has 1 aromatic carbocycles. The molecule has 4 rings (SSSR count). The second-order valence-electron chi connectivity index (χ2n) is 7.60. The number of esters is 1. The van der Waals surface area contributed by atoms with Gasteiger partial charge in [-0.05, 0) is 49.6 Å². The summed E-state index contributed by atoms with van der Waals surface area (Å²) in [4.78, 5) is 33.0. The highest BCUT2D eigenvalue weighted by atomic mass is 16.5. The molecule has 31 heavy (non-hydrogen) atoms. The number of benzene rings is 1. The van der Waals surface area contributed by atoms with E-state index in [9.17, 15) is 9.59 Å². The number of hydrogen-bond donors (Lipinski definition) is 0. The van der Waals surface area contributed by atoms with Crippen LogP contribution in [0.3, 0.4) is 0 Å². The number of hydrogen-bond acceptors (Lipinski definition) is 6. The zero-order valence-corrected chi connectivity index (χ0v) is 17.7. The summed E-state index contributed by atoms with van der Waals surface area (Å²) in [5.41, 5.74) is 5.02. The normalized spacial score (nSPS) is 11.1. The number of carbonyl (C=O) groups excluding carboxylic acids is 1. The largest absolute Gasteiger partial charge is 0.459 e. The quantitative estimate of drug-likeness (QED) is 0.442. The summed E-state index contributed by atoms with van der Waals surface area (Å²) in [5.74, 6) is 0.738. The molecule has 7 heteroatoms. The second kappa shape index (κ2) is 8.55. The first-order chi connectivity index (χ1) is 14.9. The maximum absolute atomic E-state index is 12.2. The van der Waals surface area contributed by atoms with Crippen LogP contribution in [0.1, 0.15) is 34.7 Å². The molecule has 0 N–H and O–H groups in total. The lowest BCUT2D eigenvalue weighted by Gasteiger charge is -2.06. The molecule has 0 aliphatic rings. The summed E-state index contributed by atoms with van der Waals surface area (Å²) >= 11 is 0. The monoisotopic (exact) mass is 417 g/mol. The van der Waals surface area contributed by atoms with Crippen molar-refractivity contribution in [3.63, 3.8) is 0 Å². The fourth-order valence-electron chi connectivity index (χ4n) is 3.22. The molecular weight excluding hydrogens is 394 g/mol. The Morgan fingerprint density at radius 1 is 1.10 bits per heavy atom. The van der Waals surface area contributed by atoms with Gasteiger partial charge in [0.2, 0.25) is 0 Å². The Morgan fingerprint density at radius 2 is 1.94 bits per heavy atom. The van der Waals surface area contributed by atoms with Gasteiger partial charge in [0.15, 0.2) is 11.7 Å². The van der Waals surface area contributed by atoms with E-state index in [1.807, 2.05) is 38.1 Å². The lowest BCUT2D eigenvalue weighted by Crippen LogP contribution is -2.17. The maximum Gasteiger partial charge on any atom is 0.306 e. The van der Waals surface area contributed by atoms with Crippen molar-refractivity contribution in [1.29, 1.82) is 0 Å². The van der Waals surface area contributed by atoms with Crippen LogP contribution < -0.4 is 5.56 Å². The van der Waals surface area contributed by atoms with Crippen LogP contribution in [0, 0.1) is 20.8 Å². The van der Waals surface area contributed by atoms with Crippen molar-refractivity contribution in [2.75, 3.05) is 0 Å². The smallest absolute Gasteiger partial charge is 0.306 e. The zero-order chi connectivity index (χ0) is 22.0. The van der Waals surface area contributed by atoms with E-state index in [1.54, 1.807) is 18.5 Å². The van der Waals surface area contributed by atoms with E-state index in [1.165, 1.54) is 21.6 Å². The third-order valence-corrected chi connectivity index (χ3v) is 5.13. The van der Waals surface area contributed by atoms with E-state index < -0.39 is 5.97 Å². The van der Waals surface area contributed by atoms with Crippen LogP contribution in [0.15, 0.2) is 58.0 Å². The Kier molecular flexibility index (Phi) is 5.66. The number of pyridine rings is 1. The molecule has 0 fully saturated rings. The van der Waals surface area contributed by atoms with Crippen LogP contribution >= 0.6 is 0 Å². The van der Waals surface area contributed by atoms with Crippen molar-refractivity contribution >= 4 is 11.6 Å². The van der Waals surface area contributed by atoms with E-state index in [-0.39, 0.29) is 18.6 Å². The highest BCUT2D eigenvalue weighted by molar-refractivity contribution is 5.69. The summed E-state index contributed by atoms with van der Waals surface area (Å²) in [7, 11) is 0. The number of nitrogens with zero attached hydrogens (tertiary/aromatic N) is 3. The molecule has 0 amide bonds. The minimum absolute atomic E-state index is 0.0576. The van der Waals surface area contributed by atoms with Crippen LogP contribution in [0.2, 0.25) is 0 Å². The molecule has 4 aromatic rings. The first-order valence-corrected chi connectivity index (χ1v) is 10.1. The minimum Gasteiger partial charge on any atom is -0.459 e. The lowest BCUT2D eigenvalue weighted by atomic mass is 10.1. The Balaban J connectivity index is 1.34. The molecule has 0 unspecified atom stereocenters. The predicted octanol–water partition coefficient (Wildman–Crippen LogP) is 3.95. The van der Waals surface area contributed by atoms with E-state index in [0.29, 0.717) is 29.4 Å². The lowest BCUT2D eigenvalue weighted by molar-refractivity contribution is -0.145. The number of oxazole rings is 1. The van der Waals surface area contributed by atoms with E-state index in [0.717, 1.165) is 11.1 Å². The summed E-state index contributed by atoms with van der Waals surface area (Å²) in [6.45, 7) is 5.95. The number of aryl methyl sites for hydroxylation is 4. The van der Waals surface area contributed by atoms with Gasteiger partial charge in [-0.25, -0.2) is 9.97 Å². The van der Waals surface area contributed by atoms with Gasteiger partial charge in [0, 0.05) is 24.2 Å². The standard InChI is InChI=1S/C24H23N3O4/c1-15-4-7-21-26-19(11-23(28)27(21)13-15)14-30-24(29)9-8-22-25-12-20(31-22)18-6-5-16(2)17(3)10-18/h4-7,10-13H,8-9,14H2,1-3H3. The Morgan fingerprint density at radius 3 is 2.74 bits per heavy atom. The second-order valence-corrected chi connectivity index (χ2v) is 7.60. The molecule has 0 radical (unpaired) electrons. The summed E-state index contributed by atoms with van der Waals surface area (Å²) in [6, 6.07) is 11.1. The van der Waals surface area contributed by atoms with Gasteiger partial charge in [-0.3, -0.25) is 14.0 Å². The molecular formula is C24H23N3O4. The SMILES string of the molecule is Cc1ccc2nc(COC(=O)CCc3ncc(-c4ccc(C)c(C)c4)o3)cc(=O)n2c1. The van der Waals surface area contributed by atoms with E-state index in [4.69, 9.17) is 9.15 Å². The molecule has 0 spiro atoms. The molecule has 158 valence electrons. The minimum atomic E-state index is -0.406. The highest BCUT2D eigenvalue weighted by Crippen LogP contribution is 2.23. The number of fused-ring (bicyclic) bond motifs is 1. The highest BCUT2D eigenvalue weighted by Gasteiger charge is 2.11. The molecule has 3 aromatic heterocycles. The number of aromatic nitrogens is 3. The molecule has 3 heterocycles. The van der Waals surface area contributed by atoms with Gasteiger partial charge in [-0.2, -0.15) is 0 Å². The molecule has 0 aliphatic heterocycles. The van der Waals surface area contributed by atoms with Crippen molar-refractivity contribution in [1.82, 2.24) is 14.4 Å². The van der Waals surface area contributed by atoms with Crippen molar-refractivity contribution in [2.45, 2.75) is 40.2 Å². The topological polar surface area (TPSA) is 86.7 Å². The van der Waals surface area contributed by atoms with Crippen molar-refractivity contribution in [3.8, 4) is 11.3 Å². The first-order valence-electron chi connectivity index (χ1n) is 10.1. The molecule has 7 nitrogen and oxygen atoms in total. The van der Waals surface area contributed by atoms with Gasteiger partial charge < -0.3 is 9.15 Å². The van der Waals surface area contributed by atoms with Gasteiger partial charge in [0.05, 0.1) is 18.3 Å². The van der Waals surface area contributed by atoms with Crippen molar-refractivity contribution in [3.05, 3.63) is 87.4 Å². The fourth-order valence-corrected chi connectivity index (χ4v) is 3.22. The molecule has 0 saturated carbocycles. The first kappa shape index (κ1) is 20.5. The van der Waals surface area contributed by atoms with Gasteiger partial charge >= 0.3 is 5.97 Å². The fraction of sp³-hybridized carbons (Fsp3) is 0.250. The van der Waals surface area contributed by atoms with Crippen molar-refractivity contribution in [2.24, 2.45) is 0 Å². The van der Waals surface area contributed by atoms with Crippen LogP contribution in [0.4, 0.5) is 0 Å². The Hall–Kier alpha value is -3.74. The van der Waals surface area contributed by atoms with Gasteiger partial charge in [-0.1, -0.05) is 18.2 Å². The third kappa shape index (κ3) is 4.71. The predicted molar refractivity (Wildman–Crippen MR) is 116 cm³/mol. The molecule has 0 saturated heterocycles. The number of carbonyl (C=O) groups is 1. The number of ether oxygens (including phenoxy) is 1. The van der Waals surface area contributed by atoms with Crippen LogP contribution in [-0.2, 0) is 22.6 Å². The zero-order valence-electron chi connectivity index (χ0n) is 17.7. The average Bonchev–Trinajstić information content (AvgIpc) is 3.22. The van der Waals surface area contributed by atoms with Crippen LogP contribution in [0.5, 0.6) is 0 Å². The molecule has 0 bridgehead atoms. The van der Waals surface area contributed by atoms with E-state index in [2.05, 4.69) is 16.9 Å². The summed E-state index contributed by atoms with van der Waals surface area (Å²) < 4.78 is 12.5. The maximum atomic E-state index is 12.2. The summed E-state index contributed by atoms with van der Waals surface area (Å²) in [6.07, 6.45) is 3.84. The molecule has 0 aliphatic carbocycles. The average molecular weight is 417 g/mol. The van der Waals surface area contributed by atoms with E-state index >= 15 is 0 Å². The van der Waals surface area contributed by atoms with Gasteiger partial charge in [-0.15, -0.1) is 0 Å². The Labute approximate surface area is 179 Å². The summed E-state index contributed by atoms with van der Waals surface area (Å²) in [5, 5.41) is 0. The van der Waals surface area contributed by atoms with Crippen LogP contribution in [0.25, 0.3) is 17.0 Å².